The van der Waals surface area contributed by atoms with E-state index in [1.807, 2.05) is 97.9 Å². The Hall–Kier alpha value is -4.36. The molecule has 7 heteroatoms. The molecule has 1 amide bonds. The predicted octanol–water partition coefficient (Wildman–Crippen LogP) is 6.85. The third-order valence-electron chi connectivity index (χ3n) is 5.72. The first-order valence-electron chi connectivity index (χ1n) is 11.4. The maximum atomic E-state index is 13.2. The number of aryl methyl sites for hydroxylation is 1. The predicted molar refractivity (Wildman–Crippen MR) is 146 cm³/mol. The Bertz CT molecular complexity index is 1560. The van der Waals surface area contributed by atoms with Gasteiger partial charge in [0.1, 0.15) is 5.75 Å². The summed E-state index contributed by atoms with van der Waals surface area (Å²) >= 11 is 1.53. The second-order valence-electron chi connectivity index (χ2n) is 8.11. The van der Waals surface area contributed by atoms with Crippen LogP contribution in [-0.4, -0.2) is 28.2 Å². The van der Waals surface area contributed by atoms with E-state index in [0.29, 0.717) is 17.0 Å². The van der Waals surface area contributed by atoms with Crippen molar-refractivity contribution in [3.8, 4) is 5.75 Å². The lowest BCUT2D eigenvalue weighted by molar-refractivity contribution is 0.102. The number of aromatic nitrogens is 3. The molecule has 5 rings (SSSR count). The Morgan fingerprint density at radius 3 is 2.69 bits per heavy atom. The maximum absolute atomic E-state index is 13.2. The molecule has 0 saturated carbocycles. The Balaban J connectivity index is 1.38. The maximum Gasteiger partial charge on any atom is 0.256 e. The number of anilines is 1. The van der Waals surface area contributed by atoms with Gasteiger partial charge in [-0.2, -0.15) is 5.10 Å². The molecule has 0 aliphatic heterocycles. The first-order valence-corrected chi connectivity index (χ1v) is 12.2. The number of benzene rings is 3. The van der Waals surface area contributed by atoms with E-state index < -0.39 is 0 Å². The van der Waals surface area contributed by atoms with Crippen LogP contribution >= 0.6 is 11.8 Å². The first-order chi connectivity index (χ1) is 17.6. The lowest BCUT2D eigenvalue weighted by Crippen LogP contribution is -2.14. The Morgan fingerprint density at radius 2 is 1.86 bits per heavy atom. The van der Waals surface area contributed by atoms with Gasteiger partial charge in [-0.1, -0.05) is 42.1 Å². The summed E-state index contributed by atoms with van der Waals surface area (Å²) in [5.74, 6) is 0.446. The van der Waals surface area contributed by atoms with Gasteiger partial charge in [-0.3, -0.25) is 14.9 Å². The number of methoxy groups -OCH3 is 1. The Labute approximate surface area is 213 Å². The van der Waals surface area contributed by atoms with E-state index in [9.17, 15) is 4.79 Å². The Kier molecular flexibility index (Phi) is 6.82. The van der Waals surface area contributed by atoms with Crippen molar-refractivity contribution >= 4 is 46.4 Å². The molecule has 0 aliphatic rings. The fourth-order valence-electron chi connectivity index (χ4n) is 3.87. The summed E-state index contributed by atoms with van der Waals surface area (Å²) in [6.07, 6.45) is 5.66. The third kappa shape index (κ3) is 5.01. The van der Waals surface area contributed by atoms with Crippen molar-refractivity contribution in [3.05, 3.63) is 108 Å². The molecule has 0 atom stereocenters. The highest BCUT2D eigenvalue weighted by Crippen LogP contribution is 2.34. The van der Waals surface area contributed by atoms with Crippen molar-refractivity contribution < 1.29 is 9.53 Å². The van der Waals surface area contributed by atoms with Crippen LogP contribution in [0.1, 0.15) is 27.3 Å². The van der Waals surface area contributed by atoms with Crippen LogP contribution in [-0.2, 0) is 0 Å². The molecule has 0 radical (unpaired) electrons. The van der Waals surface area contributed by atoms with Gasteiger partial charge in [0, 0.05) is 21.4 Å². The molecule has 3 aromatic carbocycles. The molecule has 5 aromatic rings. The topological polar surface area (TPSA) is 79.9 Å². The highest BCUT2D eigenvalue weighted by atomic mass is 32.2. The average Bonchev–Trinajstić information content (AvgIpc) is 3.31. The number of nitrogens with one attached hydrogen (secondary N) is 2. The zero-order chi connectivity index (χ0) is 24.9. The highest BCUT2D eigenvalue weighted by Gasteiger charge is 2.16. The minimum absolute atomic E-state index is 0.185. The SMILES string of the molecule is COc1cccc(C)c1NC(=O)c1ccccc1Sc1ccc2c(/C=C/c3ccccn3)n[nH]c2c1. The van der Waals surface area contributed by atoms with Crippen LogP contribution in [0.15, 0.2) is 94.9 Å². The van der Waals surface area contributed by atoms with Gasteiger partial charge in [0.25, 0.3) is 5.91 Å². The molecule has 0 aliphatic carbocycles. The lowest BCUT2D eigenvalue weighted by atomic mass is 10.1. The normalized spacial score (nSPS) is 11.2. The van der Waals surface area contributed by atoms with Gasteiger partial charge >= 0.3 is 0 Å². The summed E-state index contributed by atoms with van der Waals surface area (Å²) in [6, 6.07) is 25.2. The number of carbonyl (C=O) groups is 1. The lowest BCUT2D eigenvalue weighted by Gasteiger charge is -2.14. The summed E-state index contributed by atoms with van der Waals surface area (Å²) in [7, 11) is 1.60. The van der Waals surface area contributed by atoms with Crippen LogP contribution in [0.4, 0.5) is 5.69 Å². The van der Waals surface area contributed by atoms with Crippen LogP contribution in [0, 0.1) is 6.92 Å². The third-order valence-corrected chi connectivity index (χ3v) is 6.78. The quantitative estimate of drug-likeness (QED) is 0.260. The second-order valence-corrected chi connectivity index (χ2v) is 9.22. The van der Waals surface area contributed by atoms with E-state index in [1.54, 1.807) is 13.3 Å². The fraction of sp³-hybridized carbons (Fsp3) is 0.0690. The molecular formula is C29H24N4O2S. The number of H-pyrrole nitrogens is 1. The number of aromatic amines is 1. The van der Waals surface area contributed by atoms with E-state index in [2.05, 4.69) is 20.5 Å². The average molecular weight is 493 g/mol. The van der Waals surface area contributed by atoms with Crippen molar-refractivity contribution in [1.29, 1.82) is 0 Å². The van der Waals surface area contributed by atoms with Gasteiger partial charge < -0.3 is 10.1 Å². The number of amides is 1. The second kappa shape index (κ2) is 10.5. The number of rotatable bonds is 7. The minimum Gasteiger partial charge on any atom is -0.495 e. The number of para-hydroxylation sites is 1. The number of nitrogens with zero attached hydrogens (tertiary/aromatic N) is 2. The van der Waals surface area contributed by atoms with Crippen LogP contribution in [0.5, 0.6) is 5.75 Å². The molecular weight excluding hydrogens is 468 g/mol. The molecule has 6 nitrogen and oxygen atoms in total. The van der Waals surface area contributed by atoms with E-state index in [4.69, 9.17) is 4.74 Å². The van der Waals surface area contributed by atoms with Gasteiger partial charge in [0.15, 0.2) is 0 Å². The van der Waals surface area contributed by atoms with Crippen LogP contribution in [0.2, 0.25) is 0 Å². The highest BCUT2D eigenvalue weighted by molar-refractivity contribution is 7.99. The first kappa shape index (κ1) is 23.4. The van der Waals surface area contributed by atoms with Crippen molar-refractivity contribution in [2.45, 2.75) is 16.7 Å². The molecule has 0 bridgehead atoms. The van der Waals surface area contributed by atoms with Crippen LogP contribution < -0.4 is 10.1 Å². The smallest absolute Gasteiger partial charge is 0.256 e. The number of carbonyl (C=O) groups excluding carboxylic acids is 1. The minimum atomic E-state index is -0.185. The largest absolute Gasteiger partial charge is 0.495 e. The summed E-state index contributed by atoms with van der Waals surface area (Å²) in [4.78, 5) is 19.4. The zero-order valence-corrected chi connectivity index (χ0v) is 20.7. The number of hydrogen-bond acceptors (Lipinski definition) is 5. The van der Waals surface area contributed by atoms with Gasteiger partial charge in [-0.15, -0.1) is 0 Å². The molecule has 178 valence electrons. The summed E-state index contributed by atoms with van der Waals surface area (Å²) < 4.78 is 5.44. The monoisotopic (exact) mass is 492 g/mol. The number of ether oxygens (including phenoxy) is 1. The van der Waals surface area contributed by atoms with Crippen molar-refractivity contribution in [1.82, 2.24) is 15.2 Å². The molecule has 2 heterocycles. The summed E-state index contributed by atoms with van der Waals surface area (Å²) in [5.41, 5.74) is 4.85. The molecule has 0 fully saturated rings. The molecule has 0 unspecified atom stereocenters. The van der Waals surface area contributed by atoms with Crippen molar-refractivity contribution in [2.75, 3.05) is 12.4 Å². The van der Waals surface area contributed by atoms with Crippen molar-refractivity contribution in [2.24, 2.45) is 0 Å². The molecule has 0 spiro atoms. The van der Waals surface area contributed by atoms with Gasteiger partial charge in [-0.25, -0.2) is 0 Å². The number of fused-ring (bicyclic) bond motifs is 1. The summed E-state index contributed by atoms with van der Waals surface area (Å²) in [5, 5.41) is 11.6. The number of pyridine rings is 1. The van der Waals surface area contributed by atoms with Crippen molar-refractivity contribution in [3.63, 3.8) is 0 Å². The van der Waals surface area contributed by atoms with Crippen LogP contribution in [0.25, 0.3) is 23.1 Å². The van der Waals surface area contributed by atoms with Gasteiger partial charge in [0.05, 0.1) is 35.3 Å². The standard InChI is InChI=1S/C29H24N4O2S/c1-19-8-7-11-26(35-2)28(19)31-29(34)23-10-3-4-12-27(23)36-21-14-15-22-24(32-33-25(22)18-21)16-13-20-9-5-6-17-30-20/h3-18H,1-2H3,(H,31,34)(H,32,33)/b16-13+. The van der Waals surface area contributed by atoms with Gasteiger partial charge in [-0.05, 0) is 73.2 Å². The molecule has 36 heavy (non-hydrogen) atoms. The van der Waals surface area contributed by atoms with E-state index in [-0.39, 0.29) is 5.91 Å². The zero-order valence-electron chi connectivity index (χ0n) is 19.9. The molecule has 0 saturated heterocycles. The van der Waals surface area contributed by atoms with E-state index >= 15 is 0 Å². The Morgan fingerprint density at radius 1 is 1.00 bits per heavy atom. The van der Waals surface area contributed by atoms with E-state index in [0.717, 1.165) is 37.6 Å². The summed E-state index contributed by atoms with van der Waals surface area (Å²) in [6.45, 7) is 1.94. The van der Waals surface area contributed by atoms with Gasteiger partial charge in [0.2, 0.25) is 0 Å². The molecule has 2 N–H and O–H groups in total. The van der Waals surface area contributed by atoms with E-state index in [1.165, 1.54) is 11.8 Å². The number of hydrogen-bond donors (Lipinski definition) is 2. The van der Waals surface area contributed by atoms with Crippen LogP contribution in [0.3, 0.4) is 0 Å². The fourth-order valence-corrected chi connectivity index (χ4v) is 4.86. The molecule has 2 aromatic heterocycles.